The number of methoxy groups -OCH3 is 3. The standard InChI is InChI=1S/C24H29NO8/c1-7-33-24(29)18-12(3)25-14-8-11(2)17(23(28)32-6)22(27)20(14)19(18)13-9-15(30-4)21(26)16(10-13)31-5/h9-11,17,19,25-26H,7-8H2,1-6H3/t11-,17-,19+/m1/s1. The molecular weight excluding hydrogens is 430 g/mol. The maximum absolute atomic E-state index is 13.7. The van der Waals surface area contributed by atoms with Crippen LogP contribution < -0.4 is 14.8 Å². The molecule has 178 valence electrons. The Bertz CT molecular complexity index is 1030. The first-order chi connectivity index (χ1) is 15.7. The van der Waals surface area contributed by atoms with Crippen LogP contribution in [0.25, 0.3) is 0 Å². The van der Waals surface area contributed by atoms with E-state index in [4.69, 9.17) is 18.9 Å². The Balaban J connectivity index is 2.28. The number of ether oxygens (including phenoxy) is 4. The van der Waals surface area contributed by atoms with Gasteiger partial charge in [-0.2, -0.15) is 0 Å². The fourth-order valence-corrected chi connectivity index (χ4v) is 4.57. The van der Waals surface area contributed by atoms with Gasteiger partial charge >= 0.3 is 11.9 Å². The number of Topliss-reactive ketones (excluding diaryl/α,β-unsaturated/α-hetero) is 1. The van der Waals surface area contributed by atoms with E-state index in [1.807, 2.05) is 6.92 Å². The van der Waals surface area contributed by atoms with Crippen LogP contribution in [0.4, 0.5) is 0 Å². The molecule has 3 atom stereocenters. The summed E-state index contributed by atoms with van der Waals surface area (Å²) in [7, 11) is 4.02. The minimum Gasteiger partial charge on any atom is -0.502 e. The van der Waals surface area contributed by atoms with E-state index in [1.54, 1.807) is 26.0 Å². The molecule has 1 aliphatic carbocycles. The van der Waals surface area contributed by atoms with Crippen LogP contribution in [0.5, 0.6) is 17.2 Å². The Morgan fingerprint density at radius 3 is 2.27 bits per heavy atom. The molecule has 1 aromatic rings. The number of nitrogens with one attached hydrogen (secondary N) is 1. The van der Waals surface area contributed by atoms with Crippen LogP contribution >= 0.6 is 0 Å². The Hall–Kier alpha value is -3.49. The highest BCUT2D eigenvalue weighted by atomic mass is 16.5. The Labute approximate surface area is 192 Å². The summed E-state index contributed by atoms with van der Waals surface area (Å²) in [5.41, 5.74) is 2.17. The first-order valence-corrected chi connectivity index (χ1v) is 10.6. The first-order valence-electron chi connectivity index (χ1n) is 10.6. The zero-order chi connectivity index (χ0) is 24.4. The predicted molar refractivity (Wildman–Crippen MR) is 118 cm³/mol. The second-order valence-corrected chi connectivity index (χ2v) is 8.03. The molecule has 0 aromatic heterocycles. The number of carbonyl (C=O) groups excluding carboxylic acids is 3. The van der Waals surface area contributed by atoms with E-state index >= 15 is 0 Å². The summed E-state index contributed by atoms with van der Waals surface area (Å²) in [5, 5.41) is 13.6. The summed E-state index contributed by atoms with van der Waals surface area (Å²) in [4.78, 5) is 39.2. The molecule has 9 nitrogen and oxygen atoms in total. The quantitative estimate of drug-likeness (QED) is 0.488. The van der Waals surface area contributed by atoms with Gasteiger partial charge in [0.15, 0.2) is 17.3 Å². The normalized spacial score (nSPS) is 22.4. The molecule has 1 heterocycles. The monoisotopic (exact) mass is 459 g/mol. The van der Waals surface area contributed by atoms with Gasteiger partial charge < -0.3 is 29.4 Å². The molecule has 33 heavy (non-hydrogen) atoms. The summed E-state index contributed by atoms with van der Waals surface area (Å²) in [6, 6.07) is 3.09. The molecule has 2 N–H and O–H groups in total. The number of hydrogen-bond donors (Lipinski definition) is 2. The number of aromatic hydroxyl groups is 1. The zero-order valence-electron chi connectivity index (χ0n) is 19.6. The van der Waals surface area contributed by atoms with Gasteiger partial charge in [-0.15, -0.1) is 0 Å². The molecule has 0 amide bonds. The van der Waals surface area contributed by atoms with Gasteiger partial charge in [-0.1, -0.05) is 6.92 Å². The molecular formula is C24H29NO8. The SMILES string of the molecule is CCOC(=O)C1=C(C)NC2=C(C(=O)[C@H](C(=O)OC)[C@H](C)C2)[C@H]1c1cc(OC)c(O)c(OC)c1. The molecule has 0 spiro atoms. The Morgan fingerprint density at radius 1 is 1.15 bits per heavy atom. The highest BCUT2D eigenvalue weighted by molar-refractivity contribution is 6.12. The number of rotatable bonds is 6. The van der Waals surface area contributed by atoms with Gasteiger partial charge in [-0.05, 0) is 43.9 Å². The van der Waals surface area contributed by atoms with Crippen molar-refractivity contribution in [2.45, 2.75) is 33.1 Å². The van der Waals surface area contributed by atoms with Gasteiger partial charge in [-0.25, -0.2) is 4.79 Å². The third kappa shape index (κ3) is 4.15. The van der Waals surface area contributed by atoms with Crippen molar-refractivity contribution in [3.63, 3.8) is 0 Å². The highest BCUT2D eigenvalue weighted by Gasteiger charge is 2.47. The molecule has 9 heteroatoms. The number of phenols is 1. The average molecular weight is 459 g/mol. The van der Waals surface area contributed by atoms with E-state index in [0.29, 0.717) is 23.4 Å². The summed E-state index contributed by atoms with van der Waals surface area (Å²) in [6.45, 7) is 5.38. The number of phenolic OH excluding ortho intramolecular Hbond substituents is 1. The second-order valence-electron chi connectivity index (χ2n) is 8.03. The first kappa shape index (κ1) is 24.2. The molecule has 1 aliphatic heterocycles. The summed E-state index contributed by atoms with van der Waals surface area (Å²) >= 11 is 0. The van der Waals surface area contributed by atoms with Gasteiger partial charge in [0.2, 0.25) is 5.75 Å². The van der Waals surface area contributed by atoms with Gasteiger partial charge in [0.1, 0.15) is 5.92 Å². The average Bonchev–Trinajstić information content (AvgIpc) is 2.78. The lowest BCUT2D eigenvalue weighted by Crippen LogP contribution is -2.43. The lowest BCUT2D eigenvalue weighted by molar-refractivity contribution is -0.151. The van der Waals surface area contributed by atoms with E-state index in [0.717, 1.165) is 0 Å². The van der Waals surface area contributed by atoms with Crippen molar-refractivity contribution in [1.29, 1.82) is 0 Å². The van der Waals surface area contributed by atoms with Gasteiger partial charge in [0.25, 0.3) is 0 Å². The molecule has 3 rings (SSSR count). The number of benzene rings is 1. The molecule has 0 fully saturated rings. The minimum atomic E-state index is -0.999. The number of hydrogen-bond acceptors (Lipinski definition) is 9. The fourth-order valence-electron chi connectivity index (χ4n) is 4.57. The van der Waals surface area contributed by atoms with Crippen molar-refractivity contribution in [1.82, 2.24) is 5.32 Å². The summed E-state index contributed by atoms with van der Waals surface area (Å²) in [5.74, 6) is -3.77. The Morgan fingerprint density at radius 2 is 1.76 bits per heavy atom. The Kier molecular flexibility index (Phi) is 7.00. The second kappa shape index (κ2) is 9.56. The van der Waals surface area contributed by atoms with Crippen LogP contribution in [0.3, 0.4) is 0 Å². The van der Waals surface area contributed by atoms with Crippen molar-refractivity contribution in [2.75, 3.05) is 27.9 Å². The molecule has 2 aliphatic rings. The van der Waals surface area contributed by atoms with Crippen LogP contribution in [-0.4, -0.2) is 50.8 Å². The number of esters is 2. The van der Waals surface area contributed by atoms with Crippen molar-refractivity contribution in [3.05, 3.63) is 40.2 Å². The fraction of sp³-hybridized carbons (Fsp3) is 0.458. The number of allylic oxidation sites excluding steroid dienone is 3. The van der Waals surface area contributed by atoms with Crippen LogP contribution in [0.2, 0.25) is 0 Å². The molecule has 0 bridgehead atoms. The third-order valence-electron chi connectivity index (χ3n) is 6.07. The summed E-state index contributed by atoms with van der Waals surface area (Å²) in [6.07, 6.45) is 0.414. The lowest BCUT2D eigenvalue weighted by Gasteiger charge is -2.38. The van der Waals surface area contributed by atoms with Crippen LogP contribution in [-0.2, 0) is 23.9 Å². The number of dihydropyridines is 1. The molecule has 0 radical (unpaired) electrons. The van der Waals surface area contributed by atoms with E-state index in [1.165, 1.54) is 21.3 Å². The maximum Gasteiger partial charge on any atom is 0.336 e. The van der Waals surface area contributed by atoms with Gasteiger partial charge in [0, 0.05) is 22.9 Å². The minimum absolute atomic E-state index is 0.118. The third-order valence-corrected chi connectivity index (χ3v) is 6.07. The van der Waals surface area contributed by atoms with Crippen molar-refractivity contribution >= 4 is 17.7 Å². The van der Waals surface area contributed by atoms with Crippen LogP contribution in [0, 0.1) is 11.8 Å². The topological polar surface area (TPSA) is 120 Å². The maximum atomic E-state index is 13.7. The van der Waals surface area contributed by atoms with Crippen molar-refractivity contribution in [2.24, 2.45) is 11.8 Å². The molecule has 1 aromatic carbocycles. The van der Waals surface area contributed by atoms with Crippen LogP contribution in [0.15, 0.2) is 34.7 Å². The number of ketones is 1. The molecule has 0 saturated heterocycles. The zero-order valence-corrected chi connectivity index (χ0v) is 19.6. The van der Waals surface area contributed by atoms with E-state index in [2.05, 4.69) is 5.32 Å². The van der Waals surface area contributed by atoms with Gasteiger partial charge in [0.05, 0.1) is 33.5 Å². The van der Waals surface area contributed by atoms with Crippen LogP contribution in [0.1, 0.15) is 38.7 Å². The van der Waals surface area contributed by atoms with Crippen molar-refractivity contribution in [3.8, 4) is 17.2 Å². The van der Waals surface area contributed by atoms with E-state index < -0.39 is 29.6 Å². The van der Waals surface area contributed by atoms with E-state index in [-0.39, 0.29) is 40.9 Å². The molecule has 0 unspecified atom stereocenters. The smallest absolute Gasteiger partial charge is 0.336 e. The van der Waals surface area contributed by atoms with Gasteiger partial charge in [-0.3, -0.25) is 9.59 Å². The van der Waals surface area contributed by atoms with E-state index in [9.17, 15) is 19.5 Å². The predicted octanol–water partition coefficient (Wildman–Crippen LogP) is 2.59. The number of carbonyl (C=O) groups is 3. The summed E-state index contributed by atoms with van der Waals surface area (Å²) < 4.78 is 20.8. The van der Waals surface area contributed by atoms with Crippen molar-refractivity contribution < 1.29 is 38.4 Å². The highest BCUT2D eigenvalue weighted by Crippen LogP contribution is 2.48. The molecule has 0 saturated carbocycles. The lowest BCUT2D eigenvalue weighted by atomic mass is 9.69. The largest absolute Gasteiger partial charge is 0.502 e.